The normalized spacial score (nSPS) is 18.8. The minimum Gasteiger partial charge on any atom is -0.497 e. The third-order valence-electron chi connectivity index (χ3n) is 13.2. The summed E-state index contributed by atoms with van der Waals surface area (Å²) in [5.41, 5.74) is 6.32. The molecule has 0 spiro atoms. The quantitative estimate of drug-likeness (QED) is 0.0891. The number of rotatable bonds is 13. The van der Waals surface area contributed by atoms with Crippen LogP contribution in [0.2, 0.25) is 0 Å². The monoisotopic (exact) mass is 893 g/mol. The van der Waals surface area contributed by atoms with E-state index in [9.17, 15) is 4.39 Å². The third-order valence-corrected chi connectivity index (χ3v) is 13.2. The molecule has 0 bridgehead atoms. The summed E-state index contributed by atoms with van der Waals surface area (Å²) in [6.07, 6.45) is -1.64. The van der Waals surface area contributed by atoms with Crippen LogP contribution in [0.1, 0.15) is 60.0 Å². The minimum absolute atomic E-state index is 0.0111. The molecule has 3 aromatic carbocycles. The molecule has 2 fully saturated rings. The van der Waals surface area contributed by atoms with E-state index in [1.807, 2.05) is 66.4 Å². The van der Waals surface area contributed by atoms with Crippen LogP contribution in [0.4, 0.5) is 33.6 Å². The minimum atomic E-state index is -4.90. The lowest BCUT2D eigenvalue weighted by Crippen LogP contribution is -2.43. The number of hydrogen-bond donors (Lipinski definition) is 1. The summed E-state index contributed by atoms with van der Waals surface area (Å²) in [5, 5.41) is 0.0640. The van der Waals surface area contributed by atoms with Gasteiger partial charge in [-0.15, -0.1) is 0 Å². The molecule has 3 aliphatic heterocycles. The Bertz CT molecular complexity index is 2660. The van der Waals surface area contributed by atoms with Crippen molar-refractivity contribution in [2.45, 2.75) is 69.7 Å². The van der Waals surface area contributed by atoms with Crippen LogP contribution in [0.3, 0.4) is 0 Å². The van der Waals surface area contributed by atoms with E-state index in [4.69, 9.17) is 29.7 Å². The highest BCUT2D eigenvalue weighted by molar-refractivity contribution is 6.72. The highest BCUT2D eigenvalue weighted by atomic mass is 19.4. The summed E-state index contributed by atoms with van der Waals surface area (Å²) in [4.78, 5) is 22.2. The van der Waals surface area contributed by atoms with Crippen LogP contribution >= 0.6 is 0 Å². The maximum atomic E-state index is 17.8. The van der Waals surface area contributed by atoms with Crippen molar-refractivity contribution in [3.63, 3.8) is 0 Å². The first kappa shape index (κ1) is 44.0. The van der Waals surface area contributed by atoms with Crippen molar-refractivity contribution in [1.29, 1.82) is 0 Å². The van der Waals surface area contributed by atoms with Gasteiger partial charge in [-0.3, -0.25) is 4.90 Å². The number of benzene rings is 3. The molecular formula is C48H49BF5N7O4. The molecule has 6 heterocycles. The molecule has 0 radical (unpaired) electrons. The lowest BCUT2D eigenvalue weighted by molar-refractivity contribution is -0.137. The van der Waals surface area contributed by atoms with Crippen LogP contribution in [0.15, 0.2) is 79.0 Å². The molecule has 3 aromatic heterocycles. The molecule has 0 unspecified atom stereocenters. The summed E-state index contributed by atoms with van der Waals surface area (Å²) in [7, 11) is 3.15. The molecular weight excluding hydrogens is 844 g/mol. The first-order chi connectivity index (χ1) is 31.2. The first-order valence-electron chi connectivity index (χ1n) is 21.8. The van der Waals surface area contributed by atoms with Gasteiger partial charge in [0.1, 0.15) is 59.1 Å². The molecule has 338 valence electrons. The van der Waals surface area contributed by atoms with E-state index in [2.05, 4.69) is 19.9 Å². The third kappa shape index (κ3) is 8.57. The number of hydrogen-bond acceptors (Lipinski definition) is 11. The van der Waals surface area contributed by atoms with Crippen LogP contribution < -0.4 is 35.0 Å². The van der Waals surface area contributed by atoms with E-state index in [1.54, 1.807) is 26.5 Å². The van der Waals surface area contributed by atoms with Gasteiger partial charge in [-0.1, -0.05) is 59.1 Å². The Balaban J connectivity index is 1.21. The van der Waals surface area contributed by atoms with Crippen LogP contribution in [-0.4, -0.2) is 90.3 Å². The van der Waals surface area contributed by atoms with E-state index in [-0.39, 0.29) is 79.4 Å². The molecule has 3 aliphatic rings. The molecule has 0 aliphatic carbocycles. The lowest BCUT2D eigenvalue weighted by atomic mass is 9.38. The Morgan fingerprint density at radius 1 is 0.954 bits per heavy atom. The fourth-order valence-electron chi connectivity index (χ4n) is 9.99. The number of nitrogens with two attached hydrogens (primary N) is 1. The van der Waals surface area contributed by atoms with E-state index in [0.29, 0.717) is 41.6 Å². The van der Waals surface area contributed by atoms with Crippen LogP contribution in [0, 0.1) is 12.7 Å². The number of aryl methyl sites for hydroxylation is 1. The van der Waals surface area contributed by atoms with Crippen molar-refractivity contribution in [3.05, 3.63) is 113 Å². The van der Waals surface area contributed by atoms with E-state index >= 15 is 17.6 Å². The van der Waals surface area contributed by atoms with Gasteiger partial charge in [0.25, 0.3) is 0 Å². The van der Waals surface area contributed by atoms with Gasteiger partial charge in [0.05, 0.1) is 37.9 Å². The zero-order valence-electron chi connectivity index (χ0n) is 36.6. The zero-order valence-corrected chi connectivity index (χ0v) is 36.6. The maximum Gasteiger partial charge on any atom is 0.417 e. The molecule has 11 nitrogen and oxygen atoms in total. The standard InChI is InChI=1S/C48H49BF5N7O4/c1-28-21-32(49(24-30-8-12-34(62-3)13-9-30)25-31-10-14-35(63-4)15-11-31)22-37(39(28)48(52,53)54)41-40(51)42-38-44(59-46(58-42)65-27-47-16-6-18-60(47)26-33(50)23-47)61(19-20-64-45(38)57-41)29(2)36-7-5-17-56-43(36)55/h5,7-15,17,21-22,29,33H,6,16,18-20,23-27H2,1-4H3,(H2,55,56)/t29-,33-,47+/m1/s1. The zero-order chi connectivity index (χ0) is 45.6. The number of nitrogen functional groups attached to an aromatic ring is 1. The summed E-state index contributed by atoms with van der Waals surface area (Å²) >= 11 is 0. The number of alkyl halides is 4. The van der Waals surface area contributed by atoms with Crippen molar-refractivity contribution in [2.24, 2.45) is 0 Å². The van der Waals surface area contributed by atoms with Crippen molar-refractivity contribution in [1.82, 2.24) is 24.8 Å². The van der Waals surface area contributed by atoms with E-state index in [1.165, 1.54) is 19.1 Å². The maximum absolute atomic E-state index is 17.8. The van der Waals surface area contributed by atoms with Gasteiger partial charge in [-0.25, -0.2) is 18.7 Å². The average molecular weight is 894 g/mol. The van der Waals surface area contributed by atoms with E-state index < -0.39 is 46.6 Å². The number of halogens is 5. The predicted octanol–water partition coefficient (Wildman–Crippen LogP) is 8.33. The van der Waals surface area contributed by atoms with E-state index in [0.717, 1.165) is 24.1 Å². The van der Waals surface area contributed by atoms with Crippen molar-refractivity contribution < 1.29 is 40.9 Å². The number of ether oxygens (including phenoxy) is 4. The lowest BCUT2D eigenvalue weighted by Gasteiger charge is -2.32. The highest BCUT2D eigenvalue weighted by Crippen LogP contribution is 2.46. The Morgan fingerprint density at radius 3 is 2.29 bits per heavy atom. The smallest absolute Gasteiger partial charge is 0.417 e. The van der Waals surface area contributed by atoms with Gasteiger partial charge in [-0.05, 0) is 81.8 Å². The van der Waals surface area contributed by atoms with Crippen LogP contribution in [0.5, 0.6) is 23.4 Å². The molecule has 0 saturated carbocycles. The van der Waals surface area contributed by atoms with Gasteiger partial charge >= 0.3 is 12.2 Å². The van der Waals surface area contributed by atoms with Crippen molar-refractivity contribution >= 4 is 34.7 Å². The number of fused-ring (bicyclic) bond motifs is 1. The Labute approximate surface area is 374 Å². The van der Waals surface area contributed by atoms with Gasteiger partial charge in [0.15, 0.2) is 12.5 Å². The second-order valence-corrected chi connectivity index (χ2v) is 17.3. The second kappa shape index (κ2) is 17.6. The summed E-state index contributed by atoms with van der Waals surface area (Å²) < 4.78 is 102. The Morgan fingerprint density at radius 2 is 1.65 bits per heavy atom. The molecule has 2 N–H and O–H groups in total. The fraction of sp³-hybridized carbons (Fsp3) is 0.375. The van der Waals surface area contributed by atoms with Crippen LogP contribution in [-0.2, 0) is 18.8 Å². The first-order valence-corrected chi connectivity index (χ1v) is 21.8. The second-order valence-electron chi connectivity index (χ2n) is 17.3. The van der Waals surface area contributed by atoms with Gasteiger partial charge in [0, 0.05) is 30.3 Å². The van der Waals surface area contributed by atoms with Gasteiger partial charge in [-0.2, -0.15) is 23.1 Å². The SMILES string of the molecule is COc1ccc(CB(Cc2ccc(OC)cc2)c2cc(C)c(C(F)(F)F)c(-c3nc4c5c(nc(OC[C@@]67CCCN6C[C@H](F)C7)nc5c3F)N([C@H](C)c3cccnc3N)CCO4)c2)cc1. The Kier molecular flexibility index (Phi) is 11.9. The molecule has 9 rings (SSSR count). The predicted molar refractivity (Wildman–Crippen MR) is 240 cm³/mol. The number of pyridine rings is 2. The number of anilines is 2. The summed E-state index contributed by atoms with van der Waals surface area (Å²) in [6.45, 7) is 4.16. The number of aromatic nitrogens is 4. The fourth-order valence-corrected chi connectivity index (χ4v) is 9.99. The molecule has 3 atom stereocenters. The largest absolute Gasteiger partial charge is 0.497 e. The highest BCUT2D eigenvalue weighted by Gasteiger charge is 2.49. The average Bonchev–Trinajstić information content (AvgIpc) is 3.75. The molecule has 0 amide bonds. The molecule has 6 aromatic rings. The molecule has 17 heteroatoms. The molecule has 65 heavy (non-hydrogen) atoms. The Hall–Kier alpha value is -6.23. The number of methoxy groups -OCH3 is 2. The van der Waals surface area contributed by atoms with Gasteiger partial charge in [0.2, 0.25) is 5.88 Å². The number of nitrogens with zero attached hydrogens (tertiary/aromatic N) is 6. The molecule has 2 saturated heterocycles. The van der Waals surface area contributed by atoms with Crippen LogP contribution in [0.25, 0.3) is 22.2 Å². The summed E-state index contributed by atoms with van der Waals surface area (Å²) in [6, 6.07) is 20.8. The van der Waals surface area contributed by atoms with Crippen molar-refractivity contribution in [2.75, 3.05) is 57.7 Å². The van der Waals surface area contributed by atoms with Crippen molar-refractivity contribution in [3.8, 4) is 34.6 Å². The summed E-state index contributed by atoms with van der Waals surface area (Å²) in [5.74, 6) is 0.570. The topological polar surface area (TPSA) is 121 Å². The van der Waals surface area contributed by atoms with Gasteiger partial charge < -0.3 is 29.6 Å².